The van der Waals surface area contributed by atoms with Gasteiger partial charge in [0, 0.05) is 8.95 Å². The summed E-state index contributed by atoms with van der Waals surface area (Å²) in [5.74, 6) is -0.662. The SMILES string of the molecule is O=C1c2ccc(Br)cc2C(=O)N1c1nc2ccc(Br)cc2s1. The lowest BCUT2D eigenvalue weighted by atomic mass is 10.1. The molecule has 7 heteroatoms. The van der Waals surface area contributed by atoms with Crippen molar-refractivity contribution in [1.29, 1.82) is 0 Å². The maximum atomic E-state index is 12.5. The Kier molecular flexibility index (Phi) is 3.18. The summed E-state index contributed by atoms with van der Waals surface area (Å²) >= 11 is 8.05. The Balaban J connectivity index is 1.85. The predicted octanol–water partition coefficient (Wildman–Crippen LogP) is 4.62. The van der Waals surface area contributed by atoms with Gasteiger partial charge in [0.05, 0.1) is 21.3 Å². The zero-order valence-corrected chi connectivity index (χ0v) is 14.8. The Bertz CT molecular complexity index is 967. The second-order valence-corrected chi connectivity index (χ2v) is 7.58. The Morgan fingerprint density at radius 3 is 2.41 bits per heavy atom. The number of halogens is 2. The number of thiazole rings is 1. The molecular weight excluding hydrogens is 432 g/mol. The molecule has 0 atom stereocenters. The van der Waals surface area contributed by atoms with E-state index in [1.807, 2.05) is 18.2 Å². The number of anilines is 1. The van der Waals surface area contributed by atoms with E-state index in [2.05, 4.69) is 36.8 Å². The van der Waals surface area contributed by atoms with E-state index in [1.54, 1.807) is 18.2 Å². The number of nitrogens with zero attached hydrogens (tertiary/aromatic N) is 2. The maximum Gasteiger partial charge on any atom is 0.268 e. The molecular formula is C15H6Br2N2O2S. The highest BCUT2D eigenvalue weighted by Crippen LogP contribution is 2.35. The molecule has 0 saturated heterocycles. The van der Waals surface area contributed by atoms with E-state index in [0.717, 1.165) is 24.1 Å². The average Bonchev–Trinajstić information content (AvgIpc) is 2.98. The van der Waals surface area contributed by atoms with Crippen LogP contribution in [0.2, 0.25) is 0 Å². The molecule has 0 aliphatic carbocycles. The Morgan fingerprint density at radius 2 is 1.59 bits per heavy atom. The normalized spacial score (nSPS) is 14.0. The number of carbonyl (C=O) groups is 2. The summed E-state index contributed by atoms with van der Waals surface area (Å²) < 4.78 is 2.62. The summed E-state index contributed by atoms with van der Waals surface area (Å²) in [6, 6.07) is 10.7. The number of hydrogen-bond donors (Lipinski definition) is 0. The first kappa shape index (κ1) is 14.0. The third-order valence-electron chi connectivity index (χ3n) is 3.38. The minimum absolute atomic E-state index is 0.328. The van der Waals surface area contributed by atoms with Crippen LogP contribution in [0.4, 0.5) is 5.13 Å². The number of hydrogen-bond acceptors (Lipinski definition) is 4. The van der Waals surface area contributed by atoms with Crippen molar-refractivity contribution in [2.75, 3.05) is 4.90 Å². The highest BCUT2D eigenvalue weighted by Gasteiger charge is 2.38. The van der Waals surface area contributed by atoms with Crippen LogP contribution in [0, 0.1) is 0 Å². The van der Waals surface area contributed by atoms with Crippen molar-refractivity contribution < 1.29 is 9.59 Å². The van der Waals surface area contributed by atoms with Crippen molar-refractivity contribution in [2.24, 2.45) is 0 Å². The van der Waals surface area contributed by atoms with Crippen LogP contribution in [0.5, 0.6) is 0 Å². The molecule has 0 spiro atoms. The fourth-order valence-corrected chi connectivity index (χ4v) is 4.24. The summed E-state index contributed by atoms with van der Waals surface area (Å²) in [6.07, 6.45) is 0. The van der Waals surface area contributed by atoms with Crippen molar-refractivity contribution in [3.8, 4) is 0 Å². The maximum absolute atomic E-state index is 12.5. The van der Waals surface area contributed by atoms with Crippen LogP contribution >= 0.6 is 43.2 Å². The van der Waals surface area contributed by atoms with Gasteiger partial charge in [-0.05, 0) is 36.4 Å². The van der Waals surface area contributed by atoms with E-state index >= 15 is 0 Å². The third-order valence-corrected chi connectivity index (χ3v) is 5.37. The fraction of sp³-hybridized carbons (Fsp3) is 0. The lowest BCUT2D eigenvalue weighted by Crippen LogP contribution is -2.29. The number of benzene rings is 2. The summed E-state index contributed by atoms with van der Waals surface area (Å²) in [6.45, 7) is 0. The van der Waals surface area contributed by atoms with Crippen LogP contribution in [0.3, 0.4) is 0 Å². The van der Waals surface area contributed by atoms with Gasteiger partial charge in [0.2, 0.25) is 5.13 Å². The summed E-state index contributed by atoms with van der Waals surface area (Å²) in [5.41, 5.74) is 1.58. The molecule has 2 aromatic carbocycles. The second kappa shape index (κ2) is 4.97. The van der Waals surface area contributed by atoms with Crippen molar-refractivity contribution in [2.45, 2.75) is 0 Å². The van der Waals surface area contributed by atoms with Gasteiger partial charge in [-0.3, -0.25) is 9.59 Å². The lowest BCUT2D eigenvalue weighted by molar-refractivity contribution is 0.0926. The summed E-state index contributed by atoms with van der Waals surface area (Å²) in [5, 5.41) is 0.399. The zero-order valence-electron chi connectivity index (χ0n) is 10.8. The van der Waals surface area contributed by atoms with Gasteiger partial charge in [0.15, 0.2) is 0 Å². The molecule has 0 fully saturated rings. The van der Waals surface area contributed by atoms with Gasteiger partial charge in [-0.2, -0.15) is 0 Å². The van der Waals surface area contributed by atoms with Gasteiger partial charge in [0.25, 0.3) is 11.8 Å². The molecule has 22 heavy (non-hydrogen) atoms. The fourth-order valence-electron chi connectivity index (χ4n) is 2.37. The molecule has 108 valence electrons. The molecule has 0 radical (unpaired) electrons. The molecule has 3 aromatic rings. The predicted molar refractivity (Wildman–Crippen MR) is 92.6 cm³/mol. The minimum Gasteiger partial charge on any atom is -0.268 e. The van der Waals surface area contributed by atoms with Gasteiger partial charge < -0.3 is 0 Å². The average molecular weight is 438 g/mol. The van der Waals surface area contributed by atoms with Gasteiger partial charge in [-0.15, -0.1) is 0 Å². The minimum atomic E-state index is -0.334. The number of rotatable bonds is 1. The lowest BCUT2D eigenvalue weighted by Gasteiger charge is -2.08. The highest BCUT2D eigenvalue weighted by molar-refractivity contribution is 9.10. The first-order valence-corrected chi connectivity index (χ1v) is 8.69. The van der Waals surface area contributed by atoms with Crippen LogP contribution in [-0.2, 0) is 0 Å². The van der Waals surface area contributed by atoms with Gasteiger partial charge in [-0.1, -0.05) is 43.2 Å². The molecule has 0 saturated carbocycles. The molecule has 1 aliphatic heterocycles. The van der Waals surface area contributed by atoms with Crippen LogP contribution in [-0.4, -0.2) is 16.8 Å². The van der Waals surface area contributed by atoms with Crippen LogP contribution in [0.25, 0.3) is 10.2 Å². The van der Waals surface area contributed by atoms with Crippen LogP contribution in [0.15, 0.2) is 45.3 Å². The molecule has 0 N–H and O–H groups in total. The Hall–Kier alpha value is -1.57. The van der Waals surface area contributed by atoms with E-state index in [1.165, 1.54) is 11.3 Å². The molecule has 2 amide bonds. The molecule has 4 rings (SSSR count). The Labute approximate surface area is 146 Å². The molecule has 0 unspecified atom stereocenters. The van der Waals surface area contributed by atoms with Gasteiger partial charge in [-0.25, -0.2) is 9.88 Å². The van der Waals surface area contributed by atoms with Crippen molar-refractivity contribution in [3.05, 3.63) is 56.5 Å². The molecule has 2 heterocycles. The quantitative estimate of drug-likeness (QED) is 0.522. The monoisotopic (exact) mass is 436 g/mol. The first-order chi connectivity index (χ1) is 10.5. The van der Waals surface area contributed by atoms with Gasteiger partial charge in [0.1, 0.15) is 0 Å². The van der Waals surface area contributed by atoms with Gasteiger partial charge >= 0.3 is 0 Å². The zero-order chi connectivity index (χ0) is 15.4. The number of fused-ring (bicyclic) bond motifs is 2. The number of carbonyl (C=O) groups excluding carboxylic acids is 2. The second-order valence-electron chi connectivity index (χ2n) is 4.74. The van der Waals surface area contributed by atoms with E-state index in [4.69, 9.17) is 0 Å². The van der Waals surface area contributed by atoms with Crippen molar-refractivity contribution in [3.63, 3.8) is 0 Å². The molecule has 4 nitrogen and oxygen atoms in total. The smallest absolute Gasteiger partial charge is 0.268 e. The first-order valence-electron chi connectivity index (χ1n) is 6.29. The summed E-state index contributed by atoms with van der Waals surface area (Å²) in [7, 11) is 0. The van der Waals surface area contributed by atoms with E-state index in [-0.39, 0.29) is 11.8 Å². The number of amides is 2. The third kappa shape index (κ3) is 2.04. The molecule has 1 aromatic heterocycles. The number of aromatic nitrogens is 1. The van der Waals surface area contributed by atoms with E-state index < -0.39 is 0 Å². The highest BCUT2D eigenvalue weighted by atomic mass is 79.9. The summed E-state index contributed by atoms with van der Waals surface area (Å²) in [4.78, 5) is 30.6. The molecule has 1 aliphatic rings. The van der Waals surface area contributed by atoms with Crippen LogP contribution < -0.4 is 4.90 Å². The van der Waals surface area contributed by atoms with E-state index in [9.17, 15) is 9.59 Å². The molecule has 0 bridgehead atoms. The standard InChI is InChI=1S/C15H6Br2N2O2S/c16-7-1-3-9-10(5-7)14(21)19(13(9)20)15-18-11-4-2-8(17)6-12(11)22-15/h1-6H. The topological polar surface area (TPSA) is 50.3 Å². The van der Waals surface area contributed by atoms with Crippen LogP contribution in [0.1, 0.15) is 20.7 Å². The number of imide groups is 1. The largest absolute Gasteiger partial charge is 0.268 e. The van der Waals surface area contributed by atoms with Crippen molar-refractivity contribution in [1.82, 2.24) is 4.98 Å². The Morgan fingerprint density at radius 1 is 0.909 bits per heavy atom. The van der Waals surface area contributed by atoms with E-state index in [0.29, 0.717) is 16.3 Å². The van der Waals surface area contributed by atoms with Crippen molar-refractivity contribution >= 4 is 70.4 Å².